The molecule has 2 heterocycles. The number of benzene rings is 1. The highest BCUT2D eigenvalue weighted by atomic mass is 19.1. The fraction of sp³-hybridized carbons (Fsp3) is 0.412. The molecule has 3 atom stereocenters. The number of rotatable bonds is 4. The number of cyclic esters (lactones) is 1. The molecule has 0 amide bonds. The van der Waals surface area contributed by atoms with E-state index in [1.807, 2.05) is 26.8 Å². The molecule has 23 heavy (non-hydrogen) atoms. The molecule has 0 radical (unpaired) electrons. The molecule has 3 unspecified atom stereocenters. The van der Waals surface area contributed by atoms with Gasteiger partial charge in [0.1, 0.15) is 23.7 Å². The first-order chi connectivity index (χ1) is 10.9. The number of nitrogens with one attached hydrogen (secondary N) is 1. The number of hydrogen-bond acceptors (Lipinski definition) is 4. The van der Waals surface area contributed by atoms with Crippen molar-refractivity contribution >= 4 is 5.97 Å². The van der Waals surface area contributed by atoms with Crippen molar-refractivity contribution in [2.75, 3.05) is 0 Å². The van der Waals surface area contributed by atoms with E-state index in [0.717, 1.165) is 11.1 Å². The molecule has 5 nitrogen and oxygen atoms in total. The van der Waals surface area contributed by atoms with Gasteiger partial charge in [0.05, 0.1) is 6.20 Å². The van der Waals surface area contributed by atoms with Gasteiger partial charge < -0.3 is 4.74 Å². The van der Waals surface area contributed by atoms with E-state index in [2.05, 4.69) is 10.4 Å². The van der Waals surface area contributed by atoms with Gasteiger partial charge in [-0.1, -0.05) is 6.07 Å². The molecule has 1 aromatic heterocycles. The molecule has 1 aliphatic heterocycles. The average Bonchev–Trinajstić information content (AvgIpc) is 3.04. The molecule has 0 aliphatic carbocycles. The highest BCUT2D eigenvalue weighted by Crippen LogP contribution is 2.22. The van der Waals surface area contributed by atoms with Crippen molar-refractivity contribution < 1.29 is 13.9 Å². The van der Waals surface area contributed by atoms with E-state index in [0.29, 0.717) is 12.1 Å². The second kappa shape index (κ2) is 6.12. The van der Waals surface area contributed by atoms with Crippen molar-refractivity contribution in [3.05, 3.63) is 47.5 Å². The molecule has 1 aromatic carbocycles. The first-order valence-electron chi connectivity index (χ1n) is 7.71. The molecular formula is C17H20FN3O2. The van der Waals surface area contributed by atoms with Gasteiger partial charge >= 0.3 is 5.97 Å². The van der Waals surface area contributed by atoms with E-state index in [9.17, 15) is 9.18 Å². The number of ether oxygens (including phenoxy) is 1. The number of hydrogen-bond donors (Lipinski definition) is 1. The third-order valence-electron chi connectivity index (χ3n) is 4.05. The summed E-state index contributed by atoms with van der Waals surface area (Å²) in [6.07, 6.45) is 4.02. The third-order valence-corrected chi connectivity index (χ3v) is 4.05. The highest BCUT2D eigenvalue weighted by molar-refractivity contribution is 5.78. The van der Waals surface area contributed by atoms with Crippen molar-refractivity contribution in [1.29, 1.82) is 0 Å². The second-order valence-electron chi connectivity index (χ2n) is 6.10. The summed E-state index contributed by atoms with van der Waals surface area (Å²) in [6, 6.07) is 4.53. The van der Waals surface area contributed by atoms with E-state index < -0.39 is 0 Å². The molecule has 3 rings (SSSR count). The van der Waals surface area contributed by atoms with Crippen LogP contribution in [0.3, 0.4) is 0 Å². The van der Waals surface area contributed by atoms with E-state index in [1.165, 1.54) is 10.7 Å². The van der Waals surface area contributed by atoms with Crippen LogP contribution in [0.5, 0.6) is 0 Å². The standard InChI is InChI=1S/C17H20FN3O2/c1-10-8-19-21(9-10)16-5-4-13(7-14(16)18)12(3)20-15-6-11(2)23-17(15)22/h4-5,7-9,11-12,15,20H,6H2,1-3H3. The fourth-order valence-corrected chi connectivity index (χ4v) is 2.81. The van der Waals surface area contributed by atoms with Crippen LogP contribution < -0.4 is 5.32 Å². The molecule has 1 saturated heterocycles. The molecule has 6 heteroatoms. The quantitative estimate of drug-likeness (QED) is 0.881. The lowest BCUT2D eigenvalue weighted by Gasteiger charge is -2.18. The molecule has 122 valence electrons. The fourth-order valence-electron chi connectivity index (χ4n) is 2.81. The predicted molar refractivity (Wildman–Crippen MR) is 83.8 cm³/mol. The Kier molecular flexibility index (Phi) is 4.17. The highest BCUT2D eigenvalue weighted by Gasteiger charge is 2.32. The number of nitrogens with zero attached hydrogens (tertiary/aromatic N) is 2. The second-order valence-corrected chi connectivity index (χ2v) is 6.10. The molecular weight excluding hydrogens is 297 g/mol. The zero-order chi connectivity index (χ0) is 16.6. The Hall–Kier alpha value is -2.21. The van der Waals surface area contributed by atoms with Crippen molar-refractivity contribution in [2.24, 2.45) is 0 Å². The smallest absolute Gasteiger partial charge is 0.323 e. The number of esters is 1. The van der Waals surface area contributed by atoms with Crippen LogP contribution in [0.2, 0.25) is 0 Å². The van der Waals surface area contributed by atoms with Gasteiger partial charge in [-0.25, -0.2) is 9.07 Å². The summed E-state index contributed by atoms with van der Waals surface area (Å²) in [6.45, 7) is 5.68. The maximum absolute atomic E-state index is 14.4. The van der Waals surface area contributed by atoms with Gasteiger partial charge in [-0.15, -0.1) is 0 Å². The Balaban J connectivity index is 1.76. The summed E-state index contributed by atoms with van der Waals surface area (Å²) in [5.74, 6) is -0.588. The summed E-state index contributed by atoms with van der Waals surface area (Å²) in [4.78, 5) is 11.7. The van der Waals surface area contributed by atoms with Crippen LogP contribution in [0.25, 0.3) is 5.69 Å². The minimum atomic E-state index is -0.346. The van der Waals surface area contributed by atoms with Crippen LogP contribution in [0.1, 0.15) is 37.4 Å². The Morgan fingerprint density at radius 1 is 1.48 bits per heavy atom. The minimum absolute atomic E-state index is 0.0747. The number of aryl methyl sites for hydroxylation is 1. The van der Waals surface area contributed by atoms with Crippen LogP contribution in [-0.4, -0.2) is 27.9 Å². The third kappa shape index (κ3) is 3.27. The van der Waals surface area contributed by atoms with Crippen molar-refractivity contribution in [1.82, 2.24) is 15.1 Å². The normalized spacial score (nSPS) is 22.2. The van der Waals surface area contributed by atoms with E-state index >= 15 is 0 Å². The molecule has 1 N–H and O–H groups in total. The van der Waals surface area contributed by atoms with Gasteiger partial charge in [0.25, 0.3) is 0 Å². The molecule has 1 aliphatic rings. The molecule has 0 bridgehead atoms. The summed E-state index contributed by atoms with van der Waals surface area (Å²) in [5.41, 5.74) is 2.16. The maximum Gasteiger partial charge on any atom is 0.323 e. The van der Waals surface area contributed by atoms with Crippen LogP contribution in [0.4, 0.5) is 4.39 Å². The van der Waals surface area contributed by atoms with Crippen molar-refractivity contribution in [3.8, 4) is 5.69 Å². The molecule has 1 fully saturated rings. The Morgan fingerprint density at radius 3 is 2.83 bits per heavy atom. The number of carbonyl (C=O) groups excluding carboxylic acids is 1. The lowest BCUT2D eigenvalue weighted by molar-refractivity contribution is -0.142. The predicted octanol–water partition coefficient (Wildman–Crippen LogP) is 2.67. The monoisotopic (exact) mass is 317 g/mol. The molecule has 0 spiro atoms. The van der Waals surface area contributed by atoms with Crippen LogP contribution in [0, 0.1) is 12.7 Å². The lowest BCUT2D eigenvalue weighted by atomic mass is 10.1. The Labute approximate surface area is 134 Å². The SMILES string of the molecule is Cc1cnn(-c2ccc(C(C)NC3CC(C)OC3=O)cc2F)c1. The maximum atomic E-state index is 14.4. The summed E-state index contributed by atoms with van der Waals surface area (Å²) in [7, 11) is 0. The zero-order valence-electron chi connectivity index (χ0n) is 13.4. The zero-order valence-corrected chi connectivity index (χ0v) is 13.4. The largest absolute Gasteiger partial charge is 0.461 e. The topological polar surface area (TPSA) is 56.1 Å². The Bertz CT molecular complexity index is 728. The van der Waals surface area contributed by atoms with E-state index in [1.54, 1.807) is 18.5 Å². The Morgan fingerprint density at radius 2 is 2.26 bits per heavy atom. The average molecular weight is 317 g/mol. The van der Waals surface area contributed by atoms with Crippen LogP contribution in [-0.2, 0) is 9.53 Å². The first kappa shape index (κ1) is 15.7. The van der Waals surface area contributed by atoms with Crippen molar-refractivity contribution in [2.45, 2.75) is 45.4 Å². The summed E-state index contributed by atoms with van der Waals surface area (Å²) >= 11 is 0. The van der Waals surface area contributed by atoms with Gasteiger partial charge in [0.2, 0.25) is 0 Å². The van der Waals surface area contributed by atoms with E-state index in [-0.39, 0.29) is 30.0 Å². The number of aromatic nitrogens is 2. The summed E-state index contributed by atoms with van der Waals surface area (Å²) in [5, 5.41) is 7.32. The van der Waals surface area contributed by atoms with Gasteiger partial charge in [-0.2, -0.15) is 5.10 Å². The van der Waals surface area contributed by atoms with Crippen LogP contribution in [0.15, 0.2) is 30.6 Å². The van der Waals surface area contributed by atoms with E-state index in [4.69, 9.17) is 4.74 Å². The van der Waals surface area contributed by atoms with Gasteiger partial charge in [-0.05, 0) is 44.0 Å². The van der Waals surface area contributed by atoms with Gasteiger partial charge in [0.15, 0.2) is 0 Å². The molecule has 0 saturated carbocycles. The van der Waals surface area contributed by atoms with Crippen molar-refractivity contribution in [3.63, 3.8) is 0 Å². The minimum Gasteiger partial charge on any atom is -0.461 e. The number of halogens is 1. The van der Waals surface area contributed by atoms with Gasteiger partial charge in [0, 0.05) is 18.7 Å². The summed E-state index contributed by atoms with van der Waals surface area (Å²) < 4.78 is 21.0. The lowest BCUT2D eigenvalue weighted by Crippen LogP contribution is -2.35. The number of carbonyl (C=O) groups is 1. The first-order valence-corrected chi connectivity index (χ1v) is 7.71. The van der Waals surface area contributed by atoms with Crippen LogP contribution >= 0.6 is 0 Å². The van der Waals surface area contributed by atoms with Gasteiger partial charge in [-0.3, -0.25) is 10.1 Å². The molecule has 2 aromatic rings.